The molecule has 0 saturated heterocycles. The number of nitrogens with zero attached hydrogens (tertiary/aromatic N) is 1. The minimum Gasteiger partial charge on any atom is -0.480 e. The van der Waals surface area contributed by atoms with Gasteiger partial charge < -0.3 is 15.7 Å². The summed E-state index contributed by atoms with van der Waals surface area (Å²) in [7, 11) is 0. The van der Waals surface area contributed by atoms with Crippen molar-refractivity contribution in [2.45, 2.75) is 19.4 Å². The summed E-state index contributed by atoms with van der Waals surface area (Å²) in [6.45, 7) is 1.44. The average molecular weight is 589 g/mol. The van der Waals surface area contributed by atoms with Crippen molar-refractivity contribution >= 4 is 75.2 Å². The van der Waals surface area contributed by atoms with E-state index in [0.717, 1.165) is 10.4 Å². The molecule has 4 rings (SSSR count). The SMILES string of the molecule is CC(=O)c1sc(-c2ccc(Cl)cc2)cc1NC(Cc1ccc(C(=O)Nc2c(Cl)cncc2Cl)cc1)C(=O)O. The Hall–Kier alpha value is -3.43. The molecule has 194 valence electrons. The maximum atomic E-state index is 12.6. The molecule has 3 N–H and O–H groups in total. The lowest BCUT2D eigenvalue weighted by Gasteiger charge is -2.16. The largest absolute Gasteiger partial charge is 0.480 e. The van der Waals surface area contributed by atoms with Gasteiger partial charge in [0.2, 0.25) is 0 Å². The topological polar surface area (TPSA) is 108 Å². The fourth-order valence-corrected chi connectivity index (χ4v) is 5.26. The third-order valence-electron chi connectivity index (χ3n) is 5.56. The maximum absolute atomic E-state index is 12.6. The summed E-state index contributed by atoms with van der Waals surface area (Å²) in [5.74, 6) is -1.69. The first kappa shape index (κ1) is 27.6. The molecule has 1 unspecified atom stereocenters. The third kappa shape index (κ3) is 6.52. The molecule has 2 heterocycles. The van der Waals surface area contributed by atoms with Gasteiger partial charge in [0.25, 0.3) is 5.91 Å². The van der Waals surface area contributed by atoms with Crippen LogP contribution >= 0.6 is 46.1 Å². The van der Waals surface area contributed by atoms with Crippen molar-refractivity contribution < 1.29 is 19.5 Å². The monoisotopic (exact) mass is 587 g/mol. The number of nitrogens with one attached hydrogen (secondary N) is 2. The Balaban J connectivity index is 1.50. The number of carbonyl (C=O) groups excluding carboxylic acids is 2. The number of amides is 1. The number of carbonyl (C=O) groups is 3. The first-order valence-corrected chi connectivity index (χ1v) is 13.2. The van der Waals surface area contributed by atoms with Crippen molar-refractivity contribution in [2.24, 2.45) is 0 Å². The summed E-state index contributed by atoms with van der Waals surface area (Å²) >= 11 is 19.4. The molecular weight excluding hydrogens is 569 g/mol. The van der Waals surface area contributed by atoms with Gasteiger partial charge in [0, 0.05) is 41.2 Å². The second-order valence-electron chi connectivity index (χ2n) is 8.29. The number of halogens is 3. The zero-order valence-electron chi connectivity index (χ0n) is 19.8. The van der Waals surface area contributed by atoms with Gasteiger partial charge in [0.05, 0.1) is 26.3 Å². The molecule has 0 aliphatic heterocycles. The van der Waals surface area contributed by atoms with E-state index in [4.69, 9.17) is 34.8 Å². The van der Waals surface area contributed by atoms with Gasteiger partial charge >= 0.3 is 5.97 Å². The van der Waals surface area contributed by atoms with Crippen molar-refractivity contribution in [3.8, 4) is 10.4 Å². The van der Waals surface area contributed by atoms with E-state index in [2.05, 4.69) is 15.6 Å². The van der Waals surface area contributed by atoms with Gasteiger partial charge in [-0.3, -0.25) is 14.6 Å². The van der Waals surface area contributed by atoms with Crippen molar-refractivity contribution in [3.63, 3.8) is 0 Å². The summed E-state index contributed by atoms with van der Waals surface area (Å²) in [5.41, 5.74) is 2.58. The second-order valence-corrected chi connectivity index (χ2v) is 10.6. The van der Waals surface area contributed by atoms with Crippen LogP contribution in [0.25, 0.3) is 10.4 Å². The van der Waals surface area contributed by atoms with E-state index < -0.39 is 17.9 Å². The third-order valence-corrected chi connectivity index (χ3v) is 7.67. The number of pyridine rings is 1. The molecule has 2 aromatic heterocycles. The Labute approximate surface area is 237 Å². The minimum atomic E-state index is -1.08. The van der Waals surface area contributed by atoms with Crippen LogP contribution in [0, 0.1) is 0 Å². The van der Waals surface area contributed by atoms with Crippen molar-refractivity contribution in [2.75, 3.05) is 10.6 Å². The van der Waals surface area contributed by atoms with Gasteiger partial charge in [-0.15, -0.1) is 11.3 Å². The van der Waals surface area contributed by atoms with Crippen molar-refractivity contribution in [3.05, 3.63) is 98.1 Å². The highest BCUT2D eigenvalue weighted by Gasteiger charge is 2.23. The highest BCUT2D eigenvalue weighted by atomic mass is 35.5. The van der Waals surface area contributed by atoms with Gasteiger partial charge in [-0.2, -0.15) is 0 Å². The number of hydrogen-bond donors (Lipinski definition) is 3. The molecule has 38 heavy (non-hydrogen) atoms. The maximum Gasteiger partial charge on any atom is 0.326 e. The molecule has 0 aliphatic rings. The fourth-order valence-electron chi connectivity index (χ4n) is 3.65. The first-order chi connectivity index (χ1) is 18.1. The van der Waals surface area contributed by atoms with Gasteiger partial charge in [-0.25, -0.2) is 4.79 Å². The van der Waals surface area contributed by atoms with E-state index in [-0.39, 0.29) is 27.9 Å². The smallest absolute Gasteiger partial charge is 0.326 e. The zero-order chi connectivity index (χ0) is 27.4. The summed E-state index contributed by atoms with van der Waals surface area (Å²) in [5, 5.41) is 16.6. The first-order valence-electron chi connectivity index (χ1n) is 11.2. The van der Waals surface area contributed by atoms with Gasteiger partial charge in [-0.1, -0.05) is 59.1 Å². The van der Waals surface area contributed by atoms with E-state index in [0.29, 0.717) is 26.7 Å². The van der Waals surface area contributed by atoms with E-state index in [9.17, 15) is 19.5 Å². The number of aliphatic carboxylic acids is 1. The lowest BCUT2D eigenvalue weighted by molar-refractivity contribution is -0.137. The molecule has 0 spiro atoms. The highest BCUT2D eigenvalue weighted by Crippen LogP contribution is 2.36. The molecule has 0 saturated carbocycles. The standard InChI is InChI=1S/C27H20Cl3N3O4S/c1-14(34)25-21(11-23(38-25)16-6-8-18(28)9-7-16)32-22(27(36)37)10-15-2-4-17(5-3-15)26(35)33-24-19(29)12-31-13-20(24)30/h2-9,11-13,22,32H,10H2,1H3,(H,36,37)(H,31,33,35). The second kappa shape index (κ2) is 12.0. The number of thiophene rings is 1. The number of carboxylic acid groups (broad SMARTS) is 1. The Morgan fingerprint density at radius 1 is 0.974 bits per heavy atom. The normalized spacial score (nSPS) is 11.6. The molecule has 7 nitrogen and oxygen atoms in total. The number of hydrogen-bond acceptors (Lipinski definition) is 6. The van der Waals surface area contributed by atoms with Crippen LogP contribution in [0.15, 0.2) is 67.0 Å². The van der Waals surface area contributed by atoms with E-state index in [1.807, 2.05) is 12.1 Å². The molecule has 11 heteroatoms. The quantitative estimate of drug-likeness (QED) is 0.177. The van der Waals surface area contributed by atoms with Crippen LogP contribution in [-0.2, 0) is 11.2 Å². The van der Waals surface area contributed by atoms with Crippen LogP contribution < -0.4 is 10.6 Å². The number of rotatable bonds is 9. The van der Waals surface area contributed by atoms with Crippen LogP contribution in [0.2, 0.25) is 15.1 Å². The predicted octanol–water partition coefficient (Wildman–Crippen LogP) is 7.33. The van der Waals surface area contributed by atoms with Crippen molar-refractivity contribution in [1.29, 1.82) is 0 Å². The van der Waals surface area contributed by atoms with Gasteiger partial charge in [0.1, 0.15) is 6.04 Å². The van der Waals surface area contributed by atoms with Gasteiger partial charge in [-0.05, 0) is 41.5 Å². The minimum absolute atomic E-state index is 0.114. The van der Waals surface area contributed by atoms with Crippen LogP contribution in [0.3, 0.4) is 0 Å². The predicted molar refractivity (Wildman–Crippen MR) is 152 cm³/mol. The number of Topliss-reactive ketones (excluding diaryl/α,β-unsaturated/α-hetero) is 1. The van der Waals surface area contributed by atoms with E-state index >= 15 is 0 Å². The molecule has 4 aromatic rings. The summed E-state index contributed by atoms with van der Waals surface area (Å²) in [4.78, 5) is 42.1. The average Bonchev–Trinajstić information content (AvgIpc) is 3.31. The zero-order valence-corrected chi connectivity index (χ0v) is 22.9. The van der Waals surface area contributed by atoms with Crippen LogP contribution in [0.5, 0.6) is 0 Å². The fraction of sp³-hybridized carbons (Fsp3) is 0.111. The Morgan fingerprint density at radius 3 is 2.18 bits per heavy atom. The van der Waals surface area contributed by atoms with E-state index in [1.54, 1.807) is 42.5 Å². The number of ketones is 1. The lowest BCUT2D eigenvalue weighted by Crippen LogP contribution is -2.31. The van der Waals surface area contributed by atoms with Crippen molar-refractivity contribution in [1.82, 2.24) is 4.98 Å². The van der Waals surface area contributed by atoms with Crippen LogP contribution in [0.1, 0.15) is 32.5 Å². The molecule has 1 amide bonds. The summed E-state index contributed by atoms with van der Waals surface area (Å²) < 4.78 is 0. The highest BCUT2D eigenvalue weighted by molar-refractivity contribution is 7.18. The number of aromatic nitrogens is 1. The molecule has 0 bridgehead atoms. The Bertz CT molecular complexity index is 1480. The molecule has 0 radical (unpaired) electrons. The van der Waals surface area contributed by atoms with Crippen LogP contribution in [-0.4, -0.2) is 33.8 Å². The number of benzene rings is 2. The number of anilines is 2. The lowest BCUT2D eigenvalue weighted by atomic mass is 10.0. The Kier molecular flexibility index (Phi) is 8.69. The summed E-state index contributed by atoms with van der Waals surface area (Å²) in [6, 6.07) is 14.4. The molecular formula is C27H20Cl3N3O4S. The van der Waals surface area contributed by atoms with E-state index in [1.165, 1.54) is 30.7 Å². The van der Waals surface area contributed by atoms with Crippen LogP contribution in [0.4, 0.5) is 11.4 Å². The number of carboxylic acids is 1. The van der Waals surface area contributed by atoms with Gasteiger partial charge in [0.15, 0.2) is 5.78 Å². The summed E-state index contributed by atoms with van der Waals surface area (Å²) in [6.07, 6.45) is 2.85. The molecule has 1 atom stereocenters. The Morgan fingerprint density at radius 2 is 1.61 bits per heavy atom. The molecule has 0 fully saturated rings. The molecule has 0 aliphatic carbocycles. The molecule has 2 aromatic carbocycles.